The molecule has 0 aliphatic heterocycles. The van der Waals surface area contributed by atoms with Crippen LogP contribution in [-0.2, 0) is 9.59 Å². The van der Waals surface area contributed by atoms with Gasteiger partial charge in [0.05, 0.1) is 5.92 Å². The number of halogens is 1. The third-order valence-electron chi connectivity index (χ3n) is 2.38. The van der Waals surface area contributed by atoms with Crippen LogP contribution in [0.4, 0.5) is 0 Å². The number of carboxylic acid groups (broad SMARTS) is 1. The SMILES string of the molecule is CCC(C(=O)C(=O)O)C(=O)c1ccc(Br)cc1. The molecular weight excluding hydrogens is 288 g/mol. The van der Waals surface area contributed by atoms with E-state index in [4.69, 9.17) is 5.11 Å². The van der Waals surface area contributed by atoms with Crippen molar-refractivity contribution < 1.29 is 19.5 Å². The maximum absolute atomic E-state index is 11.9. The second-order valence-corrected chi connectivity index (χ2v) is 4.42. The van der Waals surface area contributed by atoms with Crippen molar-refractivity contribution in [2.75, 3.05) is 0 Å². The summed E-state index contributed by atoms with van der Waals surface area (Å²) < 4.78 is 0.812. The van der Waals surface area contributed by atoms with Crippen LogP contribution in [0.2, 0.25) is 0 Å². The number of aliphatic carboxylic acids is 1. The summed E-state index contributed by atoms with van der Waals surface area (Å²) >= 11 is 3.23. The molecule has 0 fully saturated rings. The Kier molecular flexibility index (Phi) is 4.57. The van der Waals surface area contributed by atoms with Gasteiger partial charge in [0.1, 0.15) is 0 Å². The fourth-order valence-electron chi connectivity index (χ4n) is 1.45. The van der Waals surface area contributed by atoms with E-state index >= 15 is 0 Å². The molecule has 0 radical (unpaired) electrons. The van der Waals surface area contributed by atoms with E-state index in [2.05, 4.69) is 15.9 Å². The largest absolute Gasteiger partial charge is 0.475 e. The normalized spacial score (nSPS) is 11.9. The van der Waals surface area contributed by atoms with E-state index in [1.807, 2.05) is 0 Å². The van der Waals surface area contributed by atoms with Gasteiger partial charge in [0.2, 0.25) is 0 Å². The Morgan fingerprint density at radius 1 is 1.24 bits per heavy atom. The third-order valence-corrected chi connectivity index (χ3v) is 2.91. The average molecular weight is 299 g/mol. The molecule has 17 heavy (non-hydrogen) atoms. The number of Topliss-reactive ketones (excluding diaryl/α,β-unsaturated/α-hetero) is 2. The molecule has 0 saturated heterocycles. The second-order valence-electron chi connectivity index (χ2n) is 3.50. The van der Waals surface area contributed by atoms with E-state index in [1.54, 1.807) is 31.2 Å². The van der Waals surface area contributed by atoms with Crippen LogP contribution in [0.1, 0.15) is 23.7 Å². The molecule has 5 heteroatoms. The minimum absolute atomic E-state index is 0.181. The van der Waals surface area contributed by atoms with Gasteiger partial charge in [0.25, 0.3) is 5.78 Å². The molecule has 1 atom stereocenters. The van der Waals surface area contributed by atoms with Crippen molar-refractivity contribution in [2.45, 2.75) is 13.3 Å². The predicted octanol–water partition coefficient (Wildman–Crippen LogP) is 2.31. The van der Waals surface area contributed by atoms with E-state index in [0.29, 0.717) is 5.56 Å². The van der Waals surface area contributed by atoms with Gasteiger partial charge in [-0.25, -0.2) is 4.79 Å². The van der Waals surface area contributed by atoms with Crippen molar-refractivity contribution in [2.24, 2.45) is 5.92 Å². The summed E-state index contributed by atoms with van der Waals surface area (Å²) in [6.45, 7) is 1.61. The number of benzene rings is 1. The molecule has 1 unspecified atom stereocenters. The van der Waals surface area contributed by atoms with E-state index in [9.17, 15) is 14.4 Å². The van der Waals surface area contributed by atoms with Crippen LogP contribution >= 0.6 is 15.9 Å². The van der Waals surface area contributed by atoms with Gasteiger partial charge in [-0.05, 0) is 18.6 Å². The number of carbonyl (C=O) groups excluding carboxylic acids is 2. The van der Waals surface area contributed by atoms with E-state index in [0.717, 1.165) is 4.47 Å². The highest BCUT2D eigenvalue weighted by molar-refractivity contribution is 9.10. The number of carboxylic acids is 1. The number of hydrogen-bond acceptors (Lipinski definition) is 3. The van der Waals surface area contributed by atoms with Gasteiger partial charge in [-0.3, -0.25) is 9.59 Å². The molecule has 1 N–H and O–H groups in total. The Balaban J connectivity index is 2.98. The Hall–Kier alpha value is -1.49. The van der Waals surface area contributed by atoms with Crippen molar-refractivity contribution in [1.82, 2.24) is 0 Å². The summed E-state index contributed by atoms with van der Waals surface area (Å²) in [6.07, 6.45) is 0.181. The highest BCUT2D eigenvalue weighted by Crippen LogP contribution is 2.16. The van der Waals surface area contributed by atoms with E-state index < -0.39 is 23.5 Å². The monoisotopic (exact) mass is 298 g/mol. The summed E-state index contributed by atoms with van der Waals surface area (Å²) in [5.74, 6) is -4.18. The summed E-state index contributed by atoms with van der Waals surface area (Å²) in [6, 6.07) is 6.46. The lowest BCUT2D eigenvalue weighted by Crippen LogP contribution is -2.29. The Bertz CT molecular complexity index is 450. The lowest BCUT2D eigenvalue weighted by Gasteiger charge is -2.09. The van der Waals surface area contributed by atoms with Gasteiger partial charge < -0.3 is 5.11 Å². The van der Waals surface area contributed by atoms with Gasteiger partial charge in [-0.2, -0.15) is 0 Å². The number of carbonyl (C=O) groups is 3. The molecular formula is C12H11BrO4. The molecule has 0 amide bonds. The maximum atomic E-state index is 11.9. The first-order chi connectivity index (χ1) is 7.97. The number of hydrogen-bond donors (Lipinski definition) is 1. The summed E-state index contributed by atoms with van der Waals surface area (Å²) in [7, 11) is 0. The first-order valence-electron chi connectivity index (χ1n) is 5.04. The van der Waals surface area contributed by atoms with Crippen LogP contribution in [0.3, 0.4) is 0 Å². The Morgan fingerprint density at radius 3 is 2.18 bits per heavy atom. The molecule has 0 bridgehead atoms. The van der Waals surface area contributed by atoms with Crippen LogP contribution in [-0.4, -0.2) is 22.6 Å². The first kappa shape index (κ1) is 13.6. The first-order valence-corrected chi connectivity index (χ1v) is 5.83. The Morgan fingerprint density at radius 2 is 1.76 bits per heavy atom. The van der Waals surface area contributed by atoms with E-state index in [-0.39, 0.29) is 6.42 Å². The van der Waals surface area contributed by atoms with Crippen molar-refractivity contribution >= 4 is 33.5 Å². The van der Waals surface area contributed by atoms with Gasteiger partial charge in [0.15, 0.2) is 5.78 Å². The predicted molar refractivity (Wildman–Crippen MR) is 64.9 cm³/mol. The van der Waals surface area contributed by atoms with Crippen LogP contribution in [0, 0.1) is 5.92 Å². The van der Waals surface area contributed by atoms with Crippen LogP contribution in [0.15, 0.2) is 28.7 Å². The molecule has 0 spiro atoms. The lowest BCUT2D eigenvalue weighted by atomic mass is 9.91. The van der Waals surface area contributed by atoms with Crippen LogP contribution in [0.5, 0.6) is 0 Å². The van der Waals surface area contributed by atoms with Crippen LogP contribution in [0.25, 0.3) is 0 Å². The highest BCUT2D eigenvalue weighted by atomic mass is 79.9. The quantitative estimate of drug-likeness (QED) is 0.514. The molecule has 4 nitrogen and oxygen atoms in total. The van der Waals surface area contributed by atoms with Gasteiger partial charge in [0, 0.05) is 10.0 Å². The molecule has 0 saturated carbocycles. The smallest absolute Gasteiger partial charge is 0.372 e. The summed E-state index contributed by atoms with van der Waals surface area (Å²) in [5, 5.41) is 8.61. The van der Waals surface area contributed by atoms with Gasteiger partial charge in [-0.15, -0.1) is 0 Å². The van der Waals surface area contributed by atoms with Crippen molar-refractivity contribution in [3.63, 3.8) is 0 Å². The second kappa shape index (κ2) is 5.72. The van der Waals surface area contributed by atoms with Crippen molar-refractivity contribution in [3.05, 3.63) is 34.3 Å². The summed E-state index contributed by atoms with van der Waals surface area (Å²) in [5.41, 5.74) is 0.342. The molecule has 90 valence electrons. The number of ketones is 2. The Labute approximate surface area is 107 Å². The lowest BCUT2D eigenvalue weighted by molar-refractivity contribution is -0.150. The minimum Gasteiger partial charge on any atom is -0.475 e. The zero-order chi connectivity index (χ0) is 13.0. The minimum atomic E-state index is -1.57. The molecule has 0 aliphatic carbocycles. The average Bonchev–Trinajstić information content (AvgIpc) is 2.30. The highest BCUT2D eigenvalue weighted by Gasteiger charge is 2.30. The zero-order valence-corrected chi connectivity index (χ0v) is 10.7. The molecule has 1 aromatic rings. The third kappa shape index (κ3) is 3.23. The molecule has 1 aromatic carbocycles. The van der Waals surface area contributed by atoms with Gasteiger partial charge in [-0.1, -0.05) is 35.0 Å². The maximum Gasteiger partial charge on any atom is 0.372 e. The fourth-order valence-corrected chi connectivity index (χ4v) is 1.72. The topological polar surface area (TPSA) is 71.4 Å². The van der Waals surface area contributed by atoms with Crippen molar-refractivity contribution in [3.8, 4) is 0 Å². The number of rotatable bonds is 5. The van der Waals surface area contributed by atoms with Crippen molar-refractivity contribution in [1.29, 1.82) is 0 Å². The van der Waals surface area contributed by atoms with E-state index in [1.165, 1.54) is 0 Å². The van der Waals surface area contributed by atoms with Gasteiger partial charge >= 0.3 is 5.97 Å². The molecule has 1 rings (SSSR count). The molecule has 0 aliphatic rings. The summed E-state index contributed by atoms with van der Waals surface area (Å²) in [4.78, 5) is 33.8. The fraction of sp³-hybridized carbons (Fsp3) is 0.250. The zero-order valence-electron chi connectivity index (χ0n) is 9.14. The molecule has 0 aromatic heterocycles. The standard InChI is InChI=1S/C12H11BrO4/c1-2-9(11(15)12(16)17)10(14)7-3-5-8(13)6-4-7/h3-6,9H,2H2,1H3,(H,16,17). The molecule has 0 heterocycles. The van der Waals surface area contributed by atoms with Crippen LogP contribution < -0.4 is 0 Å².